The van der Waals surface area contributed by atoms with E-state index < -0.39 is 11.6 Å². The molecule has 1 aromatic carbocycles. The first-order valence-corrected chi connectivity index (χ1v) is 8.71. The molecule has 136 valence electrons. The van der Waals surface area contributed by atoms with E-state index in [2.05, 4.69) is 32.3 Å². The van der Waals surface area contributed by atoms with Gasteiger partial charge in [-0.15, -0.1) is 5.10 Å². The SMILES string of the molecule is CN1CCC(Nc2nc(-c3c(F)cccc3F)nn3c(Cl)cnc23)CC1. The highest BCUT2D eigenvalue weighted by molar-refractivity contribution is 6.29. The Morgan fingerprint density at radius 2 is 1.88 bits per heavy atom. The van der Waals surface area contributed by atoms with Crippen LogP contribution in [-0.2, 0) is 0 Å². The lowest BCUT2D eigenvalue weighted by Crippen LogP contribution is -2.37. The van der Waals surface area contributed by atoms with Crippen LogP contribution in [0.3, 0.4) is 0 Å². The van der Waals surface area contributed by atoms with E-state index in [4.69, 9.17) is 11.6 Å². The molecule has 0 unspecified atom stereocenters. The maximum absolute atomic E-state index is 14.2. The Balaban J connectivity index is 1.79. The monoisotopic (exact) mass is 378 g/mol. The summed E-state index contributed by atoms with van der Waals surface area (Å²) in [5, 5.41) is 7.76. The molecular weight excluding hydrogens is 362 g/mol. The van der Waals surface area contributed by atoms with Gasteiger partial charge in [-0.05, 0) is 45.1 Å². The summed E-state index contributed by atoms with van der Waals surface area (Å²) in [5.41, 5.74) is 0.139. The van der Waals surface area contributed by atoms with Gasteiger partial charge >= 0.3 is 0 Å². The predicted molar refractivity (Wildman–Crippen MR) is 95.3 cm³/mol. The second kappa shape index (κ2) is 6.77. The number of hydrogen-bond donors (Lipinski definition) is 1. The van der Waals surface area contributed by atoms with Gasteiger partial charge in [0.1, 0.15) is 11.6 Å². The number of hydrogen-bond acceptors (Lipinski definition) is 5. The molecule has 0 amide bonds. The average Bonchev–Trinajstić information content (AvgIpc) is 2.98. The van der Waals surface area contributed by atoms with Gasteiger partial charge in [-0.25, -0.2) is 18.7 Å². The van der Waals surface area contributed by atoms with E-state index in [-0.39, 0.29) is 22.6 Å². The minimum Gasteiger partial charge on any atom is -0.364 e. The van der Waals surface area contributed by atoms with Gasteiger partial charge in [0.05, 0.1) is 11.8 Å². The molecule has 1 aliphatic rings. The first kappa shape index (κ1) is 17.1. The van der Waals surface area contributed by atoms with E-state index in [1.165, 1.54) is 28.9 Å². The lowest BCUT2D eigenvalue weighted by Gasteiger charge is -2.29. The summed E-state index contributed by atoms with van der Waals surface area (Å²) < 4.78 is 29.7. The molecule has 0 saturated carbocycles. The van der Waals surface area contributed by atoms with Crippen molar-refractivity contribution in [3.8, 4) is 11.4 Å². The Bertz CT molecular complexity index is 932. The predicted octanol–water partition coefficient (Wildman–Crippen LogP) is 3.23. The van der Waals surface area contributed by atoms with Gasteiger partial charge in [0, 0.05) is 6.04 Å². The number of likely N-dealkylation sites (tertiary alicyclic amines) is 1. The van der Waals surface area contributed by atoms with Crippen LogP contribution in [-0.4, -0.2) is 50.7 Å². The van der Waals surface area contributed by atoms with Crippen LogP contribution in [0.2, 0.25) is 5.15 Å². The van der Waals surface area contributed by atoms with Crippen molar-refractivity contribution in [1.29, 1.82) is 0 Å². The summed E-state index contributed by atoms with van der Waals surface area (Å²) in [6, 6.07) is 3.84. The van der Waals surface area contributed by atoms with Gasteiger partial charge in [0.2, 0.25) is 0 Å². The van der Waals surface area contributed by atoms with E-state index in [1.807, 2.05) is 0 Å². The lowest BCUT2D eigenvalue weighted by atomic mass is 10.1. The second-order valence-corrected chi connectivity index (χ2v) is 6.81. The highest BCUT2D eigenvalue weighted by Crippen LogP contribution is 2.27. The molecule has 3 heterocycles. The number of anilines is 1. The molecule has 26 heavy (non-hydrogen) atoms. The quantitative estimate of drug-likeness (QED) is 0.758. The first-order valence-electron chi connectivity index (χ1n) is 8.33. The standard InChI is InChI=1S/C17H17ClF2N6/c1-25-7-5-10(6-8-25)22-16-17-21-9-13(18)26(17)24-15(23-16)14-11(19)3-2-4-12(14)20/h2-4,9-10H,5-8H2,1H3,(H,22,23,24). The Morgan fingerprint density at radius 3 is 2.58 bits per heavy atom. The number of nitrogens with one attached hydrogen (secondary N) is 1. The van der Waals surface area contributed by atoms with Gasteiger partial charge in [-0.2, -0.15) is 4.52 Å². The molecule has 0 aliphatic carbocycles. The van der Waals surface area contributed by atoms with E-state index in [9.17, 15) is 8.78 Å². The minimum absolute atomic E-state index is 0.0802. The Morgan fingerprint density at radius 1 is 1.19 bits per heavy atom. The van der Waals surface area contributed by atoms with Crippen LogP contribution in [0.4, 0.5) is 14.6 Å². The lowest BCUT2D eigenvalue weighted by molar-refractivity contribution is 0.263. The summed E-state index contributed by atoms with van der Waals surface area (Å²) in [5.74, 6) is -1.13. The molecule has 1 saturated heterocycles. The maximum atomic E-state index is 14.2. The number of rotatable bonds is 3. The molecule has 0 bridgehead atoms. The number of nitrogens with zero attached hydrogens (tertiary/aromatic N) is 5. The third kappa shape index (κ3) is 3.10. The number of imidazole rings is 1. The van der Waals surface area contributed by atoms with Crippen molar-refractivity contribution in [3.05, 3.63) is 41.2 Å². The normalized spacial score (nSPS) is 16.3. The largest absolute Gasteiger partial charge is 0.364 e. The van der Waals surface area contributed by atoms with Crippen LogP contribution in [0.1, 0.15) is 12.8 Å². The fourth-order valence-electron chi connectivity index (χ4n) is 3.11. The van der Waals surface area contributed by atoms with Crippen molar-refractivity contribution < 1.29 is 8.78 Å². The molecule has 1 aliphatic heterocycles. The Hall–Kier alpha value is -2.32. The molecule has 4 rings (SSSR count). The van der Waals surface area contributed by atoms with Gasteiger partial charge in [-0.1, -0.05) is 17.7 Å². The van der Waals surface area contributed by atoms with E-state index in [0.717, 1.165) is 25.9 Å². The van der Waals surface area contributed by atoms with E-state index in [0.29, 0.717) is 11.5 Å². The molecule has 1 fully saturated rings. The maximum Gasteiger partial charge on any atom is 0.198 e. The van der Waals surface area contributed by atoms with Crippen molar-refractivity contribution >= 4 is 23.1 Å². The van der Waals surface area contributed by atoms with Crippen LogP contribution < -0.4 is 5.32 Å². The second-order valence-electron chi connectivity index (χ2n) is 6.42. The zero-order valence-electron chi connectivity index (χ0n) is 14.1. The summed E-state index contributed by atoms with van der Waals surface area (Å²) in [7, 11) is 2.08. The summed E-state index contributed by atoms with van der Waals surface area (Å²) in [4.78, 5) is 10.8. The van der Waals surface area contributed by atoms with Crippen LogP contribution in [0, 0.1) is 11.6 Å². The first-order chi connectivity index (χ1) is 12.5. The third-order valence-corrected chi connectivity index (χ3v) is 4.82. The van der Waals surface area contributed by atoms with Crippen molar-refractivity contribution in [2.45, 2.75) is 18.9 Å². The number of benzene rings is 1. The van der Waals surface area contributed by atoms with Crippen molar-refractivity contribution in [2.24, 2.45) is 0 Å². The van der Waals surface area contributed by atoms with Crippen LogP contribution >= 0.6 is 11.6 Å². The Labute approximate surface area is 153 Å². The van der Waals surface area contributed by atoms with Crippen molar-refractivity contribution in [1.82, 2.24) is 24.5 Å². The third-order valence-electron chi connectivity index (χ3n) is 4.57. The van der Waals surface area contributed by atoms with E-state index >= 15 is 0 Å². The van der Waals surface area contributed by atoms with Crippen molar-refractivity contribution in [2.75, 3.05) is 25.5 Å². The molecule has 9 heteroatoms. The highest BCUT2D eigenvalue weighted by Gasteiger charge is 2.22. The molecule has 6 nitrogen and oxygen atoms in total. The molecule has 3 aromatic rings. The van der Waals surface area contributed by atoms with Gasteiger partial charge in [-0.3, -0.25) is 0 Å². The number of fused-ring (bicyclic) bond motifs is 1. The minimum atomic E-state index is -0.731. The number of piperidine rings is 1. The zero-order valence-corrected chi connectivity index (χ0v) is 14.8. The van der Waals surface area contributed by atoms with Crippen LogP contribution in [0.15, 0.2) is 24.4 Å². The summed E-state index contributed by atoms with van der Waals surface area (Å²) >= 11 is 6.13. The smallest absolute Gasteiger partial charge is 0.198 e. The fourth-order valence-corrected chi connectivity index (χ4v) is 3.28. The van der Waals surface area contributed by atoms with Crippen LogP contribution in [0.25, 0.3) is 17.0 Å². The fraction of sp³-hybridized carbons (Fsp3) is 0.353. The molecular formula is C17H17ClF2N6. The molecule has 1 N–H and O–H groups in total. The number of aromatic nitrogens is 4. The average molecular weight is 379 g/mol. The van der Waals surface area contributed by atoms with Crippen LogP contribution in [0.5, 0.6) is 0 Å². The zero-order chi connectivity index (χ0) is 18.3. The molecule has 2 aromatic heterocycles. The van der Waals surface area contributed by atoms with E-state index in [1.54, 1.807) is 0 Å². The van der Waals surface area contributed by atoms with Gasteiger partial charge < -0.3 is 10.2 Å². The van der Waals surface area contributed by atoms with Gasteiger partial charge in [0.25, 0.3) is 0 Å². The summed E-state index contributed by atoms with van der Waals surface area (Å²) in [6.07, 6.45) is 3.31. The summed E-state index contributed by atoms with van der Waals surface area (Å²) in [6.45, 7) is 1.92. The molecule has 0 radical (unpaired) electrons. The molecule has 0 spiro atoms. The molecule has 0 atom stereocenters. The van der Waals surface area contributed by atoms with Gasteiger partial charge in [0.15, 0.2) is 22.4 Å². The highest BCUT2D eigenvalue weighted by atomic mass is 35.5. The topological polar surface area (TPSA) is 58.3 Å². The Kier molecular flexibility index (Phi) is 4.46. The number of halogens is 3. The van der Waals surface area contributed by atoms with Crippen molar-refractivity contribution in [3.63, 3.8) is 0 Å².